The normalized spacial score (nSPS) is 28.8. The van der Waals surface area contributed by atoms with Gasteiger partial charge in [0.15, 0.2) is 0 Å². The van der Waals surface area contributed by atoms with Gasteiger partial charge in [-0.1, -0.05) is 49.2 Å². The van der Waals surface area contributed by atoms with Gasteiger partial charge in [0.1, 0.15) is 17.5 Å². The van der Waals surface area contributed by atoms with Gasteiger partial charge in [0.25, 0.3) is 0 Å². The number of aliphatic hydroxyl groups is 1. The SMILES string of the molecule is COc1ccc(OC)c([C@H]2[C@@H]3CCCC[C@]3(O)CC[NH+]2C/C=C/c2ccccc2)c1. The molecule has 0 amide bonds. The largest absolute Gasteiger partial charge is 0.497 e. The van der Waals surface area contributed by atoms with Crippen LogP contribution in [0.5, 0.6) is 11.5 Å². The van der Waals surface area contributed by atoms with Crippen LogP contribution in [0.2, 0.25) is 0 Å². The number of hydrogen-bond acceptors (Lipinski definition) is 3. The molecule has 2 fully saturated rings. The maximum atomic E-state index is 11.5. The predicted molar refractivity (Wildman–Crippen MR) is 120 cm³/mol. The second kappa shape index (κ2) is 9.23. The molecule has 0 spiro atoms. The molecule has 0 bridgehead atoms. The molecule has 2 aliphatic rings. The van der Waals surface area contributed by atoms with Gasteiger partial charge >= 0.3 is 0 Å². The van der Waals surface area contributed by atoms with Gasteiger partial charge in [-0.25, -0.2) is 0 Å². The first-order valence-electron chi connectivity index (χ1n) is 11.1. The molecule has 1 unspecified atom stereocenters. The summed E-state index contributed by atoms with van der Waals surface area (Å²) < 4.78 is 11.3. The minimum Gasteiger partial charge on any atom is -0.497 e. The van der Waals surface area contributed by atoms with Crippen molar-refractivity contribution in [2.45, 2.75) is 43.7 Å². The number of benzene rings is 2. The number of nitrogens with one attached hydrogen (secondary N) is 1. The predicted octanol–water partition coefficient (Wildman–Crippen LogP) is 3.67. The second-order valence-corrected chi connectivity index (χ2v) is 8.72. The Morgan fingerprint density at radius 2 is 1.90 bits per heavy atom. The van der Waals surface area contributed by atoms with Gasteiger partial charge in [-0.3, -0.25) is 0 Å². The van der Waals surface area contributed by atoms with Crippen molar-refractivity contribution in [3.8, 4) is 11.5 Å². The third-order valence-corrected chi connectivity index (χ3v) is 7.05. The molecule has 2 aromatic carbocycles. The average molecular weight is 409 g/mol. The number of hydrogen-bond donors (Lipinski definition) is 2. The van der Waals surface area contributed by atoms with Crippen molar-refractivity contribution in [1.29, 1.82) is 0 Å². The molecule has 1 aliphatic heterocycles. The number of fused-ring (bicyclic) bond motifs is 1. The van der Waals surface area contributed by atoms with Crippen LogP contribution in [-0.4, -0.2) is 38.0 Å². The Bertz CT molecular complexity index is 866. The number of quaternary nitrogens is 1. The molecule has 160 valence electrons. The first-order valence-corrected chi connectivity index (χ1v) is 11.1. The standard InChI is InChI=1S/C26H33NO3/c1-29-21-13-14-24(30-2)22(19-21)25-23-12-6-7-15-26(23,28)16-18-27(25)17-8-11-20-9-4-3-5-10-20/h3-5,8-11,13-14,19,23,25,28H,6-7,12,15-18H2,1-2H3/p+1/b11-8+/t23-,25-,26-/m0/s1. The van der Waals surface area contributed by atoms with Crippen LogP contribution in [0.15, 0.2) is 54.6 Å². The zero-order chi connectivity index (χ0) is 21.0. The number of rotatable bonds is 6. The molecule has 4 atom stereocenters. The quantitative estimate of drug-likeness (QED) is 0.767. The minimum atomic E-state index is -0.566. The monoisotopic (exact) mass is 408 g/mol. The van der Waals surface area contributed by atoms with Crippen LogP contribution < -0.4 is 14.4 Å². The average Bonchev–Trinajstić information content (AvgIpc) is 2.79. The summed E-state index contributed by atoms with van der Waals surface area (Å²) in [6.45, 7) is 1.88. The molecule has 1 heterocycles. The lowest BCUT2D eigenvalue weighted by Crippen LogP contribution is -3.14. The van der Waals surface area contributed by atoms with Crippen LogP contribution in [0.1, 0.15) is 49.3 Å². The molecular formula is C26H34NO3+. The molecule has 0 radical (unpaired) electrons. The Morgan fingerprint density at radius 1 is 1.07 bits per heavy atom. The zero-order valence-corrected chi connectivity index (χ0v) is 18.1. The van der Waals surface area contributed by atoms with Crippen molar-refractivity contribution in [3.05, 3.63) is 65.7 Å². The summed E-state index contributed by atoms with van der Waals surface area (Å²) in [5, 5.41) is 11.5. The van der Waals surface area contributed by atoms with Gasteiger partial charge in [-0.05, 0) is 42.7 Å². The van der Waals surface area contributed by atoms with E-state index in [1.807, 2.05) is 18.2 Å². The Labute approximate surface area is 180 Å². The highest BCUT2D eigenvalue weighted by molar-refractivity contribution is 5.48. The summed E-state index contributed by atoms with van der Waals surface area (Å²) in [5.41, 5.74) is 1.81. The number of likely N-dealkylation sites (tertiary alicyclic amines) is 1. The van der Waals surface area contributed by atoms with Crippen LogP contribution in [0.3, 0.4) is 0 Å². The van der Waals surface area contributed by atoms with Gasteiger partial charge < -0.3 is 19.5 Å². The first kappa shape index (κ1) is 21.0. The van der Waals surface area contributed by atoms with E-state index in [-0.39, 0.29) is 12.0 Å². The number of ether oxygens (including phenoxy) is 2. The fraction of sp³-hybridized carbons (Fsp3) is 0.462. The zero-order valence-electron chi connectivity index (χ0n) is 18.1. The Morgan fingerprint density at radius 3 is 2.67 bits per heavy atom. The first-order chi connectivity index (χ1) is 14.6. The molecule has 30 heavy (non-hydrogen) atoms. The molecule has 1 saturated carbocycles. The molecule has 1 aliphatic carbocycles. The van der Waals surface area contributed by atoms with Crippen molar-refractivity contribution in [2.75, 3.05) is 27.3 Å². The summed E-state index contributed by atoms with van der Waals surface area (Å²) in [7, 11) is 3.44. The molecule has 2 aromatic rings. The maximum Gasteiger partial charge on any atom is 0.128 e. The van der Waals surface area contributed by atoms with Gasteiger partial charge in [0.05, 0.1) is 38.5 Å². The Hall–Kier alpha value is -2.30. The highest BCUT2D eigenvalue weighted by atomic mass is 16.5. The Balaban J connectivity index is 1.67. The molecular weight excluding hydrogens is 374 g/mol. The summed E-state index contributed by atoms with van der Waals surface area (Å²) in [6, 6.07) is 16.7. The maximum absolute atomic E-state index is 11.5. The molecule has 1 saturated heterocycles. The third-order valence-electron chi connectivity index (χ3n) is 7.05. The van der Waals surface area contributed by atoms with Crippen molar-refractivity contribution in [1.82, 2.24) is 0 Å². The summed E-state index contributed by atoms with van der Waals surface area (Å²) in [5.74, 6) is 1.97. The molecule has 4 rings (SSSR count). The lowest BCUT2D eigenvalue weighted by atomic mass is 9.66. The van der Waals surface area contributed by atoms with E-state index in [2.05, 4.69) is 42.5 Å². The highest BCUT2D eigenvalue weighted by Gasteiger charge is 2.52. The van der Waals surface area contributed by atoms with E-state index in [1.54, 1.807) is 14.2 Å². The van der Waals surface area contributed by atoms with Crippen LogP contribution in [-0.2, 0) is 0 Å². The van der Waals surface area contributed by atoms with Crippen molar-refractivity contribution in [3.63, 3.8) is 0 Å². The van der Waals surface area contributed by atoms with Gasteiger partial charge in [-0.2, -0.15) is 0 Å². The van der Waals surface area contributed by atoms with E-state index in [0.29, 0.717) is 0 Å². The number of piperidine rings is 1. The van der Waals surface area contributed by atoms with E-state index in [4.69, 9.17) is 9.47 Å². The molecule has 2 N–H and O–H groups in total. The van der Waals surface area contributed by atoms with E-state index in [9.17, 15) is 5.11 Å². The molecule has 0 aromatic heterocycles. The van der Waals surface area contributed by atoms with E-state index in [1.165, 1.54) is 16.9 Å². The lowest BCUT2D eigenvalue weighted by molar-refractivity contribution is -0.939. The number of methoxy groups -OCH3 is 2. The van der Waals surface area contributed by atoms with Crippen molar-refractivity contribution >= 4 is 6.08 Å². The fourth-order valence-corrected chi connectivity index (χ4v) is 5.51. The molecule has 4 heteroatoms. The highest BCUT2D eigenvalue weighted by Crippen LogP contribution is 2.46. The van der Waals surface area contributed by atoms with Crippen LogP contribution in [0, 0.1) is 5.92 Å². The minimum absolute atomic E-state index is 0.189. The summed E-state index contributed by atoms with van der Waals surface area (Å²) in [4.78, 5) is 1.49. The van der Waals surface area contributed by atoms with Crippen LogP contribution >= 0.6 is 0 Å². The van der Waals surface area contributed by atoms with Gasteiger partial charge in [0, 0.05) is 12.3 Å². The van der Waals surface area contributed by atoms with Crippen LogP contribution in [0.4, 0.5) is 0 Å². The third kappa shape index (κ3) is 4.26. The lowest BCUT2D eigenvalue weighted by Gasteiger charge is -2.50. The van der Waals surface area contributed by atoms with E-state index < -0.39 is 5.60 Å². The van der Waals surface area contributed by atoms with Crippen LogP contribution in [0.25, 0.3) is 6.08 Å². The second-order valence-electron chi connectivity index (χ2n) is 8.72. The van der Waals surface area contributed by atoms with Crippen molar-refractivity contribution < 1.29 is 19.5 Å². The fourth-order valence-electron chi connectivity index (χ4n) is 5.51. The topological polar surface area (TPSA) is 43.1 Å². The smallest absolute Gasteiger partial charge is 0.128 e. The van der Waals surface area contributed by atoms with Crippen molar-refractivity contribution in [2.24, 2.45) is 5.92 Å². The summed E-state index contributed by atoms with van der Waals surface area (Å²) >= 11 is 0. The van der Waals surface area contributed by atoms with Gasteiger partial charge in [0.2, 0.25) is 0 Å². The van der Waals surface area contributed by atoms with Gasteiger partial charge in [-0.15, -0.1) is 0 Å². The Kier molecular flexibility index (Phi) is 6.45. The summed E-state index contributed by atoms with van der Waals surface area (Å²) in [6.07, 6.45) is 9.63. The van der Waals surface area contributed by atoms with E-state index in [0.717, 1.165) is 55.8 Å². The van der Waals surface area contributed by atoms with E-state index >= 15 is 0 Å². The molecule has 4 nitrogen and oxygen atoms in total.